The van der Waals surface area contributed by atoms with Crippen molar-refractivity contribution in [3.63, 3.8) is 0 Å². The number of hydrogen-bond acceptors (Lipinski definition) is 6. The van der Waals surface area contributed by atoms with Gasteiger partial charge in [-0.05, 0) is 13.5 Å². The highest BCUT2D eigenvalue weighted by Gasteiger charge is 2.24. The minimum absolute atomic E-state index is 0.128. The second kappa shape index (κ2) is 6.53. The Morgan fingerprint density at radius 2 is 2.10 bits per heavy atom. The topological polar surface area (TPSA) is 74.1 Å². The van der Waals surface area contributed by atoms with Crippen molar-refractivity contribution >= 4 is 0 Å². The largest absolute Gasteiger partial charge is 0.480 e. The molecular formula is C14H21N5O2. The molecule has 21 heavy (non-hydrogen) atoms. The van der Waals surface area contributed by atoms with E-state index in [4.69, 9.17) is 9.47 Å². The number of nitrogens with one attached hydrogen (secondary N) is 1. The second-order valence-corrected chi connectivity index (χ2v) is 4.64. The van der Waals surface area contributed by atoms with Gasteiger partial charge < -0.3 is 14.8 Å². The summed E-state index contributed by atoms with van der Waals surface area (Å²) in [5.41, 5.74) is 2.72. The SMILES string of the molecule is CCNC(c1cn(C)nc1C)c1ncc(OC)nc1OC. The summed E-state index contributed by atoms with van der Waals surface area (Å²) >= 11 is 0. The molecule has 1 unspecified atom stereocenters. The second-order valence-electron chi connectivity index (χ2n) is 4.64. The van der Waals surface area contributed by atoms with Crippen LogP contribution in [0, 0.1) is 6.92 Å². The van der Waals surface area contributed by atoms with Gasteiger partial charge in [-0.3, -0.25) is 4.68 Å². The van der Waals surface area contributed by atoms with Gasteiger partial charge in [0.2, 0.25) is 11.8 Å². The lowest BCUT2D eigenvalue weighted by Crippen LogP contribution is -2.24. The first-order chi connectivity index (χ1) is 10.1. The fraction of sp³-hybridized carbons (Fsp3) is 0.500. The fourth-order valence-corrected chi connectivity index (χ4v) is 2.27. The van der Waals surface area contributed by atoms with Gasteiger partial charge in [0.05, 0.1) is 32.2 Å². The van der Waals surface area contributed by atoms with Crippen LogP contribution in [0.2, 0.25) is 0 Å². The van der Waals surface area contributed by atoms with E-state index in [1.165, 1.54) is 0 Å². The third-order valence-corrected chi connectivity index (χ3v) is 3.19. The highest BCUT2D eigenvalue weighted by Crippen LogP contribution is 2.29. The Labute approximate surface area is 124 Å². The van der Waals surface area contributed by atoms with Gasteiger partial charge >= 0.3 is 0 Å². The lowest BCUT2D eigenvalue weighted by molar-refractivity contribution is 0.352. The molecule has 7 nitrogen and oxygen atoms in total. The van der Waals surface area contributed by atoms with Crippen molar-refractivity contribution in [1.82, 2.24) is 25.1 Å². The third kappa shape index (κ3) is 3.13. The zero-order valence-corrected chi connectivity index (χ0v) is 13.0. The summed E-state index contributed by atoms with van der Waals surface area (Å²) in [5, 5.41) is 7.80. The zero-order chi connectivity index (χ0) is 15.4. The Bertz CT molecular complexity index is 611. The molecule has 0 spiro atoms. The van der Waals surface area contributed by atoms with Crippen molar-refractivity contribution in [1.29, 1.82) is 0 Å². The van der Waals surface area contributed by atoms with Crippen LogP contribution in [0.4, 0.5) is 0 Å². The van der Waals surface area contributed by atoms with Crippen molar-refractivity contribution < 1.29 is 9.47 Å². The predicted octanol–water partition coefficient (Wildman–Crippen LogP) is 1.23. The summed E-state index contributed by atoms with van der Waals surface area (Å²) in [4.78, 5) is 8.75. The molecule has 2 aromatic rings. The van der Waals surface area contributed by atoms with Crippen molar-refractivity contribution in [2.75, 3.05) is 20.8 Å². The summed E-state index contributed by atoms with van der Waals surface area (Å²) < 4.78 is 12.2. The highest BCUT2D eigenvalue weighted by atomic mass is 16.5. The average molecular weight is 291 g/mol. The van der Waals surface area contributed by atoms with E-state index in [9.17, 15) is 0 Å². The summed E-state index contributed by atoms with van der Waals surface area (Å²) in [6.07, 6.45) is 3.57. The predicted molar refractivity (Wildman–Crippen MR) is 78.6 cm³/mol. The first kappa shape index (κ1) is 15.2. The number of aromatic nitrogens is 4. The molecule has 0 bridgehead atoms. The maximum absolute atomic E-state index is 5.36. The number of aryl methyl sites for hydroxylation is 2. The molecule has 0 saturated carbocycles. The molecular weight excluding hydrogens is 270 g/mol. The standard InChI is InChI=1S/C14H21N5O2/c1-6-15-12(10-8-19(3)18-9(10)2)13-14(21-5)17-11(20-4)7-16-13/h7-8,12,15H,6H2,1-5H3. The van der Waals surface area contributed by atoms with Crippen molar-refractivity contribution in [3.8, 4) is 11.8 Å². The van der Waals surface area contributed by atoms with Gasteiger partial charge in [-0.15, -0.1) is 0 Å². The molecule has 114 valence electrons. The van der Waals surface area contributed by atoms with Gasteiger partial charge in [-0.1, -0.05) is 6.92 Å². The van der Waals surface area contributed by atoms with Gasteiger partial charge in [-0.25, -0.2) is 4.98 Å². The Balaban J connectivity index is 2.50. The number of nitrogens with zero attached hydrogens (tertiary/aromatic N) is 4. The molecule has 7 heteroatoms. The van der Waals surface area contributed by atoms with Crippen LogP contribution in [-0.2, 0) is 7.05 Å². The van der Waals surface area contributed by atoms with E-state index in [-0.39, 0.29) is 6.04 Å². The van der Waals surface area contributed by atoms with E-state index < -0.39 is 0 Å². The monoisotopic (exact) mass is 291 g/mol. The van der Waals surface area contributed by atoms with Gasteiger partial charge in [0.15, 0.2) is 0 Å². The first-order valence-corrected chi connectivity index (χ1v) is 6.79. The zero-order valence-electron chi connectivity index (χ0n) is 13.0. The summed E-state index contributed by atoms with van der Waals surface area (Å²) in [7, 11) is 5.03. The van der Waals surface area contributed by atoms with Crippen LogP contribution in [-0.4, -0.2) is 40.5 Å². The summed E-state index contributed by atoms with van der Waals surface area (Å²) in [6, 6.07) is -0.128. The molecule has 1 atom stereocenters. The van der Waals surface area contributed by atoms with Crippen LogP contribution in [0.15, 0.2) is 12.4 Å². The maximum atomic E-state index is 5.36. The first-order valence-electron chi connectivity index (χ1n) is 6.79. The Kier molecular flexibility index (Phi) is 4.74. The minimum Gasteiger partial charge on any atom is -0.480 e. The minimum atomic E-state index is -0.128. The van der Waals surface area contributed by atoms with Crippen LogP contribution in [0.1, 0.15) is 29.9 Å². The van der Waals surface area contributed by atoms with Gasteiger partial charge in [0, 0.05) is 18.8 Å². The average Bonchev–Trinajstić information content (AvgIpc) is 2.82. The molecule has 0 saturated heterocycles. The molecule has 0 aliphatic rings. The quantitative estimate of drug-likeness (QED) is 0.863. The van der Waals surface area contributed by atoms with E-state index >= 15 is 0 Å². The van der Waals surface area contributed by atoms with Crippen molar-refractivity contribution in [2.24, 2.45) is 7.05 Å². The van der Waals surface area contributed by atoms with Gasteiger partial charge in [0.25, 0.3) is 0 Å². The molecule has 0 fully saturated rings. The molecule has 0 aliphatic heterocycles. The number of hydrogen-bond donors (Lipinski definition) is 1. The number of methoxy groups -OCH3 is 2. The molecule has 0 amide bonds. The Hall–Kier alpha value is -2.15. The lowest BCUT2D eigenvalue weighted by Gasteiger charge is -2.19. The Morgan fingerprint density at radius 3 is 2.62 bits per heavy atom. The highest BCUT2D eigenvalue weighted by molar-refractivity contribution is 5.35. The van der Waals surface area contributed by atoms with Gasteiger partial charge in [-0.2, -0.15) is 10.1 Å². The fourth-order valence-electron chi connectivity index (χ4n) is 2.27. The summed E-state index contributed by atoms with van der Waals surface area (Å²) in [6.45, 7) is 4.81. The van der Waals surface area contributed by atoms with Crippen LogP contribution in [0.5, 0.6) is 11.8 Å². The van der Waals surface area contributed by atoms with Crippen molar-refractivity contribution in [2.45, 2.75) is 19.9 Å². The van der Waals surface area contributed by atoms with Crippen LogP contribution in [0.25, 0.3) is 0 Å². The Morgan fingerprint density at radius 1 is 1.33 bits per heavy atom. The smallest absolute Gasteiger partial charge is 0.240 e. The van der Waals surface area contributed by atoms with Crippen LogP contribution >= 0.6 is 0 Å². The number of ether oxygens (including phenoxy) is 2. The normalized spacial score (nSPS) is 12.2. The molecule has 2 heterocycles. The molecule has 2 rings (SSSR count). The van der Waals surface area contributed by atoms with E-state index in [1.807, 2.05) is 27.1 Å². The maximum Gasteiger partial charge on any atom is 0.240 e. The van der Waals surface area contributed by atoms with Crippen LogP contribution in [0.3, 0.4) is 0 Å². The number of rotatable bonds is 6. The molecule has 2 aromatic heterocycles. The van der Waals surface area contributed by atoms with E-state index in [1.54, 1.807) is 25.1 Å². The van der Waals surface area contributed by atoms with E-state index in [0.29, 0.717) is 11.8 Å². The van der Waals surface area contributed by atoms with E-state index in [2.05, 4.69) is 20.4 Å². The molecule has 0 aromatic carbocycles. The molecule has 1 N–H and O–H groups in total. The van der Waals surface area contributed by atoms with Crippen LogP contribution < -0.4 is 14.8 Å². The summed E-state index contributed by atoms with van der Waals surface area (Å²) in [5.74, 6) is 0.873. The van der Waals surface area contributed by atoms with Gasteiger partial charge in [0.1, 0.15) is 5.69 Å². The van der Waals surface area contributed by atoms with E-state index in [0.717, 1.165) is 23.5 Å². The molecule has 0 aliphatic carbocycles. The third-order valence-electron chi connectivity index (χ3n) is 3.19. The van der Waals surface area contributed by atoms with Crippen molar-refractivity contribution in [3.05, 3.63) is 29.3 Å². The molecule has 0 radical (unpaired) electrons. The lowest BCUT2D eigenvalue weighted by atomic mass is 10.0.